The molecule has 0 radical (unpaired) electrons. The van der Waals surface area contributed by atoms with Gasteiger partial charge in [-0.05, 0) is 26.3 Å². The second-order valence-corrected chi connectivity index (χ2v) is 4.92. The monoisotopic (exact) mass is 226 g/mol. The zero-order valence-electron chi connectivity index (χ0n) is 8.56. The van der Waals surface area contributed by atoms with Crippen LogP contribution >= 0.6 is 11.3 Å². The summed E-state index contributed by atoms with van der Waals surface area (Å²) < 4.78 is 0. The second kappa shape index (κ2) is 4.28. The number of aromatic nitrogens is 1. The van der Waals surface area contributed by atoms with Crippen molar-refractivity contribution in [2.45, 2.75) is 25.8 Å². The summed E-state index contributed by atoms with van der Waals surface area (Å²) in [5, 5.41) is 15.3. The smallest absolute Gasteiger partial charge is 0.306 e. The highest BCUT2D eigenvalue weighted by atomic mass is 32.1. The summed E-state index contributed by atoms with van der Waals surface area (Å²) in [6, 6.07) is 0.116. The van der Waals surface area contributed by atoms with Crippen LogP contribution in [0.25, 0.3) is 0 Å². The molecule has 15 heavy (non-hydrogen) atoms. The van der Waals surface area contributed by atoms with Gasteiger partial charge in [0.15, 0.2) is 0 Å². The molecule has 4 nitrogen and oxygen atoms in total. The third-order valence-corrected chi connectivity index (χ3v) is 3.54. The van der Waals surface area contributed by atoms with E-state index in [1.165, 1.54) is 0 Å². The lowest BCUT2D eigenvalue weighted by Gasteiger charge is -2.26. The number of aryl methyl sites for hydroxylation is 1. The first-order valence-corrected chi connectivity index (χ1v) is 5.93. The fourth-order valence-electron chi connectivity index (χ4n) is 1.91. The van der Waals surface area contributed by atoms with Crippen molar-refractivity contribution >= 4 is 17.3 Å². The molecule has 1 aliphatic rings. The van der Waals surface area contributed by atoms with Gasteiger partial charge in [-0.25, -0.2) is 4.98 Å². The Kier molecular flexibility index (Phi) is 3.02. The summed E-state index contributed by atoms with van der Waals surface area (Å²) in [7, 11) is 0. The molecule has 0 saturated carbocycles. The van der Waals surface area contributed by atoms with Gasteiger partial charge in [-0.2, -0.15) is 0 Å². The van der Waals surface area contributed by atoms with Crippen molar-refractivity contribution in [1.82, 2.24) is 10.3 Å². The molecule has 0 bridgehead atoms. The van der Waals surface area contributed by atoms with Crippen LogP contribution in [-0.4, -0.2) is 22.6 Å². The van der Waals surface area contributed by atoms with Crippen molar-refractivity contribution in [1.29, 1.82) is 0 Å². The number of carboxylic acid groups (broad SMARTS) is 1. The van der Waals surface area contributed by atoms with E-state index in [9.17, 15) is 4.79 Å². The van der Waals surface area contributed by atoms with E-state index in [1.54, 1.807) is 11.3 Å². The maximum atomic E-state index is 10.9. The summed E-state index contributed by atoms with van der Waals surface area (Å²) in [6.07, 6.45) is 1.37. The summed E-state index contributed by atoms with van der Waals surface area (Å²) >= 11 is 1.61. The van der Waals surface area contributed by atoms with Gasteiger partial charge >= 0.3 is 5.97 Å². The van der Waals surface area contributed by atoms with Crippen LogP contribution in [0.4, 0.5) is 0 Å². The minimum Gasteiger partial charge on any atom is -0.481 e. The van der Waals surface area contributed by atoms with Gasteiger partial charge in [0.05, 0.1) is 22.7 Å². The van der Waals surface area contributed by atoms with Crippen molar-refractivity contribution in [3.05, 3.63) is 16.1 Å². The van der Waals surface area contributed by atoms with Crippen LogP contribution in [-0.2, 0) is 4.79 Å². The quantitative estimate of drug-likeness (QED) is 0.803. The Morgan fingerprint density at radius 3 is 3.13 bits per heavy atom. The first-order valence-electron chi connectivity index (χ1n) is 5.05. The lowest BCUT2D eigenvalue weighted by molar-refractivity contribution is -0.143. The maximum absolute atomic E-state index is 10.9. The highest BCUT2D eigenvalue weighted by Crippen LogP contribution is 2.27. The van der Waals surface area contributed by atoms with Crippen LogP contribution in [0, 0.1) is 12.8 Å². The van der Waals surface area contributed by atoms with Gasteiger partial charge in [-0.3, -0.25) is 4.79 Å². The summed E-state index contributed by atoms with van der Waals surface area (Å²) in [5.74, 6) is -0.910. The fourth-order valence-corrected chi connectivity index (χ4v) is 2.57. The van der Waals surface area contributed by atoms with E-state index in [-0.39, 0.29) is 12.0 Å². The maximum Gasteiger partial charge on any atom is 0.306 e. The van der Waals surface area contributed by atoms with Crippen molar-refractivity contribution in [3.8, 4) is 0 Å². The van der Waals surface area contributed by atoms with Crippen LogP contribution in [0.1, 0.15) is 29.6 Å². The molecule has 2 rings (SSSR count). The molecule has 0 amide bonds. The predicted octanol–water partition coefficient (Wildman–Crippen LogP) is 1.58. The van der Waals surface area contributed by atoms with Crippen LogP contribution in [0.2, 0.25) is 0 Å². The Labute approximate surface area is 92.3 Å². The number of nitrogens with zero attached hydrogens (tertiary/aromatic N) is 1. The molecule has 1 fully saturated rings. The Bertz CT molecular complexity index is 364. The summed E-state index contributed by atoms with van der Waals surface area (Å²) in [6.45, 7) is 2.73. The Balaban J connectivity index is 2.07. The summed E-state index contributed by atoms with van der Waals surface area (Å²) in [5.41, 5.74) is 0.989. The molecule has 1 saturated heterocycles. The highest BCUT2D eigenvalue weighted by Gasteiger charge is 2.28. The number of piperidine rings is 1. The van der Waals surface area contributed by atoms with Crippen LogP contribution in [0.15, 0.2) is 5.38 Å². The van der Waals surface area contributed by atoms with Gasteiger partial charge in [0.25, 0.3) is 0 Å². The zero-order chi connectivity index (χ0) is 10.8. The molecule has 0 spiro atoms. The number of hydrogen-bond donors (Lipinski definition) is 2. The minimum absolute atomic E-state index is 0.116. The average Bonchev–Trinajstić information content (AvgIpc) is 2.65. The number of carboxylic acids is 1. The van der Waals surface area contributed by atoms with Gasteiger partial charge in [0, 0.05) is 5.38 Å². The largest absolute Gasteiger partial charge is 0.481 e. The molecular formula is C10H14N2O2S. The Hall–Kier alpha value is -0.940. The van der Waals surface area contributed by atoms with Crippen molar-refractivity contribution in [2.75, 3.05) is 6.54 Å². The molecule has 2 N–H and O–H groups in total. The van der Waals surface area contributed by atoms with E-state index in [0.29, 0.717) is 6.42 Å². The molecule has 82 valence electrons. The second-order valence-electron chi connectivity index (χ2n) is 3.86. The van der Waals surface area contributed by atoms with Crippen LogP contribution in [0.5, 0.6) is 0 Å². The molecule has 1 aliphatic heterocycles. The van der Waals surface area contributed by atoms with E-state index in [0.717, 1.165) is 23.7 Å². The van der Waals surface area contributed by atoms with E-state index in [2.05, 4.69) is 10.3 Å². The third kappa shape index (κ3) is 2.35. The number of hydrogen-bond acceptors (Lipinski definition) is 4. The Morgan fingerprint density at radius 1 is 1.73 bits per heavy atom. The number of thiazole rings is 1. The van der Waals surface area contributed by atoms with Gasteiger partial charge < -0.3 is 10.4 Å². The van der Waals surface area contributed by atoms with Gasteiger partial charge in [-0.15, -0.1) is 11.3 Å². The number of carbonyl (C=O) groups is 1. The highest BCUT2D eigenvalue weighted by molar-refractivity contribution is 7.09. The fraction of sp³-hybridized carbons (Fsp3) is 0.600. The molecule has 0 aromatic carbocycles. The first-order chi connectivity index (χ1) is 7.16. The first kappa shape index (κ1) is 10.6. The van der Waals surface area contributed by atoms with Crippen molar-refractivity contribution in [3.63, 3.8) is 0 Å². The molecule has 1 aromatic heterocycles. The third-order valence-electron chi connectivity index (χ3n) is 2.75. The number of rotatable bonds is 2. The van der Waals surface area contributed by atoms with E-state index in [1.807, 2.05) is 12.3 Å². The lowest BCUT2D eigenvalue weighted by atomic mass is 9.91. The van der Waals surface area contributed by atoms with Crippen molar-refractivity contribution in [2.24, 2.45) is 5.92 Å². The van der Waals surface area contributed by atoms with Crippen LogP contribution in [0.3, 0.4) is 0 Å². The lowest BCUT2D eigenvalue weighted by Crippen LogP contribution is -2.35. The molecular weight excluding hydrogens is 212 g/mol. The predicted molar refractivity (Wildman–Crippen MR) is 58.0 cm³/mol. The molecule has 5 heteroatoms. The van der Waals surface area contributed by atoms with Crippen molar-refractivity contribution < 1.29 is 9.90 Å². The molecule has 2 atom stereocenters. The topological polar surface area (TPSA) is 62.2 Å². The van der Waals surface area contributed by atoms with Gasteiger partial charge in [-0.1, -0.05) is 0 Å². The van der Waals surface area contributed by atoms with Crippen LogP contribution < -0.4 is 5.32 Å². The van der Waals surface area contributed by atoms with Gasteiger partial charge in [0.1, 0.15) is 0 Å². The zero-order valence-corrected chi connectivity index (χ0v) is 9.38. The summed E-state index contributed by atoms with van der Waals surface area (Å²) in [4.78, 5) is 15.3. The molecule has 0 aliphatic carbocycles. The SMILES string of the molecule is Cc1nc(C2CC(C(=O)O)CCN2)cs1. The van der Waals surface area contributed by atoms with E-state index < -0.39 is 5.97 Å². The van der Waals surface area contributed by atoms with E-state index >= 15 is 0 Å². The normalized spacial score (nSPS) is 26.5. The molecule has 2 unspecified atom stereocenters. The Morgan fingerprint density at radius 2 is 2.53 bits per heavy atom. The number of nitrogens with one attached hydrogen (secondary N) is 1. The molecule has 1 aromatic rings. The number of aliphatic carboxylic acids is 1. The van der Waals surface area contributed by atoms with E-state index in [4.69, 9.17) is 5.11 Å². The molecule has 2 heterocycles. The minimum atomic E-state index is -0.687. The average molecular weight is 226 g/mol. The van der Waals surface area contributed by atoms with Gasteiger partial charge in [0.2, 0.25) is 0 Å². The standard InChI is InChI=1S/C10H14N2O2S/c1-6-12-9(5-15-6)8-4-7(10(13)14)2-3-11-8/h5,7-8,11H,2-4H2,1H3,(H,13,14).